The normalized spacial score (nSPS) is 18.5. The molecule has 31 heavy (non-hydrogen) atoms. The highest BCUT2D eigenvalue weighted by atomic mass is 16.3. The number of hydrogen-bond acceptors (Lipinski definition) is 7. The molecule has 0 aliphatic carbocycles. The first-order valence-electron chi connectivity index (χ1n) is 10.1. The fraction of sp³-hybridized carbons (Fsp3) is 0.381. The molecule has 3 aromatic rings. The van der Waals surface area contributed by atoms with Crippen LogP contribution in [0.5, 0.6) is 0 Å². The van der Waals surface area contributed by atoms with Gasteiger partial charge in [-0.3, -0.25) is 9.59 Å². The molecular weight excluding hydrogens is 398 g/mol. The third kappa shape index (κ3) is 4.07. The van der Waals surface area contributed by atoms with E-state index in [1.54, 1.807) is 17.3 Å². The number of hydrogen-bond donors (Lipinski definition) is 3. The quantitative estimate of drug-likeness (QED) is 0.573. The topological polar surface area (TPSA) is 140 Å². The van der Waals surface area contributed by atoms with E-state index in [0.717, 1.165) is 17.5 Å². The summed E-state index contributed by atoms with van der Waals surface area (Å²) in [6, 6.07) is 3.81. The number of nitriles is 1. The Bertz CT molecular complexity index is 1160. The third-order valence-corrected chi connectivity index (χ3v) is 5.37. The zero-order chi connectivity index (χ0) is 22.0. The maximum absolute atomic E-state index is 12.3. The number of carbonyl (C=O) groups is 2. The lowest BCUT2D eigenvalue weighted by atomic mass is 9.95. The van der Waals surface area contributed by atoms with Crippen LogP contribution in [-0.2, 0) is 4.79 Å². The van der Waals surface area contributed by atoms with Crippen LogP contribution in [0.4, 0.5) is 5.69 Å². The average Bonchev–Trinajstić information content (AvgIpc) is 3.43. The summed E-state index contributed by atoms with van der Waals surface area (Å²) >= 11 is 0. The Hall–Kier alpha value is -3.87. The van der Waals surface area contributed by atoms with E-state index in [4.69, 9.17) is 9.68 Å². The second kappa shape index (κ2) is 8.47. The molecule has 1 aliphatic heterocycles. The van der Waals surface area contributed by atoms with E-state index in [0.29, 0.717) is 24.3 Å². The van der Waals surface area contributed by atoms with Crippen LogP contribution in [0.1, 0.15) is 30.3 Å². The summed E-state index contributed by atoms with van der Waals surface area (Å²) in [5, 5.41) is 15.8. The molecule has 160 valence electrons. The number of anilines is 1. The van der Waals surface area contributed by atoms with Crippen molar-refractivity contribution in [2.75, 3.05) is 25.5 Å². The van der Waals surface area contributed by atoms with Gasteiger partial charge in [-0.1, -0.05) is 6.92 Å². The summed E-state index contributed by atoms with van der Waals surface area (Å²) in [6.07, 6.45) is 5.49. The van der Waals surface area contributed by atoms with Crippen molar-refractivity contribution in [2.24, 2.45) is 5.92 Å². The Morgan fingerprint density at radius 2 is 2.26 bits per heavy atom. The molecule has 0 radical (unpaired) electrons. The van der Waals surface area contributed by atoms with E-state index in [2.05, 4.69) is 32.5 Å². The van der Waals surface area contributed by atoms with Crippen molar-refractivity contribution in [3.05, 3.63) is 30.4 Å². The molecule has 0 bridgehead atoms. The molecule has 4 rings (SSSR count). The maximum Gasteiger partial charge on any atom is 0.272 e. The van der Waals surface area contributed by atoms with Crippen LogP contribution in [0.25, 0.3) is 22.5 Å². The molecule has 1 aliphatic rings. The van der Waals surface area contributed by atoms with Crippen molar-refractivity contribution in [1.82, 2.24) is 25.2 Å². The number of nitrogens with zero attached hydrogens (tertiary/aromatic N) is 4. The Morgan fingerprint density at radius 3 is 3.03 bits per heavy atom. The number of rotatable bonds is 5. The van der Waals surface area contributed by atoms with E-state index in [1.807, 2.05) is 12.1 Å². The number of nitrogens with one attached hydrogen (secondary N) is 3. The SMILES string of the molecule is CNC(=O)c1coc(-c2cnc3[nH]ccc3c2N[C@H]2C[C@@H](C)CN(C(=O)CC#N)C2)n1. The number of amides is 2. The number of aromatic amines is 1. The van der Waals surface area contributed by atoms with Gasteiger partial charge in [-0.25, -0.2) is 9.97 Å². The van der Waals surface area contributed by atoms with Crippen LogP contribution in [0, 0.1) is 17.2 Å². The summed E-state index contributed by atoms with van der Waals surface area (Å²) in [6.45, 7) is 3.22. The van der Waals surface area contributed by atoms with Gasteiger partial charge in [0.15, 0.2) is 5.69 Å². The third-order valence-electron chi connectivity index (χ3n) is 5.37. The summed E-state index contributed by atoms with van der Waals surface area (Å²) < 4.78 is 5.58. The summed E-state index contributed by atoms with van der Waals surface area (Å²) in [7, 11) is 1.53. The Kier molecular flexibility index (Phi) is 5.58. The first-order valence-corrected chi connectivity index (χ1v) is 10.1. The molecule has 1 fully saturated rings. The van der Waals surface area contributed by atoms with Gasteiger partial charge in [0.25, 0.3) is 5.91 Å². The zero-order valence-electron chi connectivity index (χ0n) is 17.3. The van der Waals surface area contributed by atoms with E-state index < -0.39 is 0 Å². The molecule has 0 saturated carbocycles. The van der Waals surface area contributed by atoms with Crippen molar-refractivity contribution in [2.45, 2.75) is 25.8 Å². The van der Waals surface area contributed by atoms with Gasteiger partial charge in [-0.2, -0.15) is 5.26 Å². The largest absolute Gasteiger partial charge is 0.443 e. The molecule has 0 aromatic carbocycles. The van der Waals surface area contributed by atoms with Crippen LogP contribution in [0.15, 0.2) is 29.1 Å². The van der Waals surface area contributed by atoms with E-state index in [9.17, 15) is 9.59 Å². The second-order valence-electron chi connectivity index (χ2n) is 7.72. The second-order valence-corrected chi connectivity index (χ2v) is 7.72. The molecule has 3 aromatic heterocycles. The number of pyridine rings is 1. The first-order chi connectivity index (χ1) is 15.0. The number of oxazole rings is 1. The molecule has 2 atom stereocenters. The van der Waals surface area contributed by atoms with Gasteiger partial charge in [0.1, 0.15) is 18.3 Å². The van der Waals surface area contributed by atoms with Gasteiger partial charge >= 0.3 is 0 Å². The minimum Gasteiger partial charge on any atom is -0.443 e. The molecule has 2 amide bonds. The van der Waals surface area contributed by atoms with Crippen LogP contribution in [-0.4, -0.2) is 57.8 Å². The van der Waals surface area contributed by atoms with E-state index >= 15 is 0 Å². The number of piperidine rings is 1. The van der Waals surface area contributed by atoms with E-state index in [1.165, 1.54) is 13.3 Å². The van der Waals surface area contributed by atoms with Gasteiger partial charge < -0.3 is 24.9 Å². The highest BCUT2D eigenvalue weighted by Crippen LogP contribution is 2.34. The fourth-order valence-electron chi connectivity index (χ4n) is 4.00. The van der Waals surface area contributed by atoms with Crippen molar-refractivity contribution in [1.29, 1.82) is 5.26 Å². The molecule has 4 heterocycles. The minimum absolute atomic E-state index is 0.0287. The lowest BCUT2D eigenvalue weighted by Crippen LogP contribution is -2.48. The standard InChI is InChI=1S/C21H23N7O3/c1-12-7-13(10-28(9-12)17(29)3-5-22)26-18-14-4-6-24-19(14)25-8-15(18)21-27-16(11-31-21)20(30)23-2/h4,6,8,11-13H,3,7,9-10H2,1-2H3,(H,23,30)(H2,24,25,26)/t12-,13+/m1/s1. The maximum atomic E-state index is 12.3. The number of aromatic nitrogens is 3. The summed E-state index contributed by atoms with van der Waals surface area (Å²) in [5.74, 6) is 0.0546. The minimum atomic E-state index is -0.340. The van der Waals surface area contributed by atoms with Crippen molar-refractivity contribution in [3.8, 4) is 17.5 Å². The summed E-state index contributed by atoms with van der Waals surface area (Å²) in [5.41, 5.74) is 2.27. The lowest BCUT2D eigenvalue weighted by molar-refractivity contribution is -0.132. The number of likely N-dealkylation sites (tertiary alicyclic amines) is 1. The lowest BCUT2D eigenvalue weighted by Gasteiger charge is -2.37. The molecule has 3 N–H and O–H groups in total. The van der Waals surface area contributed by atoms with Crippen molar-refractivity contribution >= 4 is 28.5 Å². The van der Waals surface area contributed by atoms with Crippen molar-refractivity contribution < 1.29 is 14.0 Å². The molecule has 10 nitrogen and oxygen atoms in total. The Balaban J connectivity index is 1.68. The van der Waals surface area contributed by atoms with Gasteiger partial charge in [0, 0.05) is 44.0 Å². The average molecular weight is 421 g/mol. The summed E-state index contributed by atoms with van der Waals surface area (Å²) in [4.78, 5) is 37.8. The smallest absolute Gasteiger partial charge is 0.272 e. The van der Waals surface area contributed by atoms with Crippen LogP contribution < -0.4 is 10.6 Å². The van der Waals surface area contributed by atoms with Gasteiger partial charge in [0.2, 0.25) is 11.8 Å². The zero-order valence-corrected chi connectivity index (χ0v) is 17.3. The first kappa shape index (κ1) is 20.4. The van der Waals surface area contributed by atoms with Crippen molar-refractivity contribution in [3.63, 3.8) is 0 Å². The molecule has 0 spiro atoms. The molecule has 0 unspecified atom stereocenters. The predicted molar refractivity (Wildman–Crippen MR) is 113 cm³/mol. The molecular formula is C21H23N7O3. The highest BCUT2D eigenvalue weighted by Gasteiger charge is 2.29. The Labute approximate surface area is 178 Å². The van der Waals surface area contributed by atoms with Crippen LogP contribution in [0.3, 0.4) is 0 Å². The van der Waals surface area contributed by atoms with Crippen LogP contribution >= 0.6 is 0 Å². The Morgan fingerprint density at radius 1 is 1.42 bits per heavy atom. The monoisotopic (exact) mass is 421 g/mol. The molecule has 1 saturated heterocycles. The highest BCUT2D eigenvalue weighted by molar-refractivity contribution is 5.98. The van der Waals surface area contributed by atoms with Gasteiger partial charge in [-0.05, 0) is 18.4 Å². The number of carbonyl (C=O) groups excluding carboxylic acids is 2. The predicted octanol–water partition coefficient (Wildman–Crippen LogP) is 2.14. The van der Waals surface area contributed by atoms with Crippen LogP contribution in [0.2, 0.25) is 0 Å². The number of H-pyrrole nitrogens is 1. The van der Waals surface area contributed by atoms with Gasteiger partial charge in [-0.15, -0.1) is 0 Å². The number of fused-ring (bicyclic) bond motifs is 1. The van der Waals surface area contributed by atoms with E-state index in [-0.39, 0.29) is 41.8 Å². The molecule has 10 heteroatoms. The fourth-order valence-corrected chi connectivity index (χ4v) is 4.00. The van der Waals surface area contributed by atoms with Gasteiger partial charge in [0.05, 0.1) is 17.3 Å².